The molecule has 6 heteroatoms. The van der Waals surface area contributed by atoms with Crippen LogP contribution < -0.4 is 0 Å². The third kappa shape index (κ3) is 6.45. The van der Waals surface area contributed by atoms with Gasteiger partial charge in [0, 0.05) is 43.6 Å². The number of fused-ring (bicyclic) bond motifs is 9. The maximum atomic E-state index is 6.77. The van der Waals surface area contributed by atoms with Crippen molar-refractivity contribution in [3.63, 3.8) is 0 Å². The van der Waals surface area contributed by atoms with E-state index in [1.807, 2.05) is 60.7 Å². The van der Waals surface area contributed by atoms with E-state index < -0.39 is 0 Å². The first-order chi connectivity index (χ1) is 34.2. The summed E-state index contributed by atoms with van der Waals surface area (Å²) in [6.07, 6.45) is 0. The molecule has 0 fully saturated rings. The number of benzene rings is 10. The van der Waals surface area contributed by atoms with Gasteiger partial charge in [-0.05, 0) is 100 Å². The van der Waals surface area contributed by atoms with Gasteiger partial charge < -0.3 is 13.4 Å². The first-order valence-corrected chi connectivity index (χ1v) is 23.2. The average Bonchev–Trinajstić information content (AvgIpc) is 4.10. The SMILES string of the molecule is c1ccc(-c2ccc3c(c2)c2ccccc2n3-c2cccc3oc4cc(-c5cccc6oc7ccc(-c8cccc(-c9nc(-c%10ccccc%10)nc(-c%10ccccc%10)n9)c8)cc7c56)ccc4c23)cc1. The van der Waals surface area contributed by atoms with Crippen molar-refractivity contribution in [2.24, 2.45) is 0 Å². The summed E-state index contributed by atoms with van der Waals surface area (Å²) in [5.74, 6) is 1.87. The van der Waals surface area contributed by atoms with Crippen molar-refractivity contribution in [1.29, 1.82) is 0 Å². The Morgan fingerprint density at radius 2 is 0.812 bits per heavy atom. The average molecular weight is 883 g/mol. The van der Waals surface area contributed by atoms with Crippen LogP contribution in [0.25, 0.3) is 139 Å². The van der Waals surface area contributed by atoms with Crippen molar-refractivity contribution in [1.82, 2.24) is 19.5 Å². The number of rotatable bonds is 7. The van der Waals surface area contributed by atoms with Crippen LogP contribution in [0.15, 0.2) is 239 Å². The van der Waals surface area contributed by atoms with E-state index in [1.54, 1.807) is 0 Å². The number of nitrogens with zero attached hydrogens (tertiary/aromatic N) is 4. The Hall–Kier alpha value is -9.39. The summed E-state index contributed by atoms with van der Waals surface area (Å²) in [6.45, 7) is 0. The maximum Gasteiger partial charge on any atom is 0.164 e. The van der Waals surface area contributed by atoms with E-state index >= 15 is 0 Å². The van der Waals surface area contributed by atoms with Gasteiger partial charge in [-0.3, -0.25) is 0 Å². The summed E-state index contributed by atoms with van der Waals surface area (Å²) in [4.78, 5) is 14.9. The minimum atomic E-state index is 0.613. The summed E-state index contributed by atoms with van der Waals surface area (Å²) in [7, 11) is 0. The summed E-state index contributed by atoms with van der Waals surface area (Å²) in [5.41, 5.74) is 16.1. The quantitative estimate of drug-likeness (QED) is 0.159. The van der Waals surface area contributed by atoms with Crippen LogP contribution >= 0.6 is 0 Å². The Morgan fingerprint density at radius 3 is 1.58 bits per heavy atom. The summed E-state index contributed by atoms with van der Waals surface area (Å²) in [5, 5.41) is 6.67. The fourth-order valence-corrected chi connectivity index (χ4v) is 10.2. The van der Waals surface area contributed by atoms with Crippen molar-refractivity contribution >= 4 is 65.7 Å². The van der Waals surface area contributed by atoms with E-state index in [0.29, 0.717) is 17.5 Å². The van der Waals surface area contributed by atoms with Gasteiger partial charge in [0.2, 0.25) is 0 Å². The molecule has 0 saturated carbocycles. The van der Waals surface area contributed by atoms with Gasteiger partial charge in [0.15, 0.2) is 17.5 Å². The smallest absolute Gasteiger partial charge is 0.164 e. The molecule has 0 aliphatic heterocycles. The molecule has 14 rings (SSSR count). The molecule has 0 aliphatic rings. The Morgan fingerprint density at radius 1 is 0.275 bits per heavy atom. The molecule has 322 valence electrons. The zero-order valence-electron chi connectivity index (χ0n) is 37.0. The lowest BCUT2D eigenvalue weighted by molar-refractivity contribution is 0.668. The second kappa shape index (κ2) is 15.6. The molecule has 14 aromatic rings. The largest absolute Gasteiger partial charge is 0.456 e. The monoisotopic (exact) mass is 882 g/mol. The highest BCUT2D eigenvalue weighted by Gasteiger charge is 2.21. The zero-order chi connectivity index (χ0) is 45.4. The van der Waals surface area contributed by atoms with Gasteiger partial charge in [-0.15, -0.1) is 0 Å². The van der Waals surface area contributed by atoms with Gasteiger partial charge in [0.05, 0.1) is 22.1 Å². The van der Waals surface area contributed by atoms with Gasteiger partial charge in [0.1, 0.15) is 22.3 Å². The highest BCUT2D eigenvalue weighted by atomic mass is 16.3. The Balaban J connectivity index is 0.870. The summed E-state index contributed by atoms with van der Waals surface area (Å²) < 4.78 is 15.7. The standard InChI is InChI=1S/C63H38N4O2/c1-4-15-39(16-5-1)43-30-33-53-50(36-43)48-23-10-11-25-52(48)67(53)54-26-14-28-57-60(54)49-32-29-45(38-58(49)69-57)47-24-13-27-56-59(47)51-37-44(31-34-55(51)68-56)42-21-12-22-46(35-42)63-65-61(40-17-6-2-7-18-40)64-62(66-63)41-19-8-3-9-20-41/h1-38H. The number of aromatic nitrogens is 4. The lowest BCUT2D eigenvalue weighted by Gasteiger charge is -2.10. The predicted molar refractivity (Wildman–Crippen MR) is 281 cm³/mol. The molecule has 0 unspecified atom stereocenters. The van der Waals surface area contributed by atoms with Crippen LogP contribution in [0.1, 0.15) is 0 Å². The van der Waals surface area contributed by atoms with Gasteiger partial charge >= 0.3 is 0 Å². The molecule has 0 aliphatic carbocycles. The lowest BCUT2D eigenvalue weighted by Crippen LogP contribution is -2.00. The maximum absolute atomic E-state index is 6.77. The van der Waals surface area contributed by atoms with Crippen molar-refractivity contribution < 1.29 is 8.83 Å². The highest BCUT2D eigenvalue weighted by molar-refractivity contribution is 6.17. The van der Waals surface area contributed by atoms with Gasteiger partial charge in [-0.25, -0.2) is 15.0 Å². The van der Waals surface area contributed by atoms with E-state index in [-0.39, 0.29) is 0 Å². The Bertz CT molecular complexity index is 4250. The molecule has 0 atom stereocenters. The molecule has 0 bridgehead atoms. The molecular formula is C63H38N4O2. The second-order valence-electron chi connectivity index (χ2n) is 17.5. The van der Waals surface area contributed by atoms with Crippen LogP contribution in [-0.2, 0) is 0 Å². The third-order valence-electron chi connectivity index (χ3n) is 13.5. The van der Waals surface area contributed by atoms with E-state index in [2.05, 4.69) is 174 Å². The van der Waals surface area contributed by atoms with Gasteiger partial charge in [-0.1, -0.05) is 164 Å². The van der Waals surface area contributed by atoms with E-state index in [9.17, 15) is 0 Å². The summed E-state index contributed by atoms with van der Waals surface area (Å²) >= 11 is 0. The van der Waals surface area contributed by atoms with Crippen molar-refractivity contribution in [3.8, 4) is 73.2 Å². The van der Waals surface area contributed by atoms with Crippen LogP contribution in [0, 0.1) is 0 Å². The number of hydrogen-bond donors (Lipinski definition) is 0. The topological polar surface area (TPSA) is 69.9 Å². The van der Waals surface area contributed by atoms with Crippen LogP contribution in [-0.4, -0.2) is 19.5 Å². The van der Waals surface area contributed by atoms with Crippen LogP contribution in [0.2, 0.25) is 0 Å². The first kappa shape index (κ1) is 38.8. The molecule has 10 aromatic carbocycles. The fourth-order valence-electron chi connectivity index (χ4n) is 10.2. The number of furan rings is 2. The first-order valence-electron chi connectivity index (χ1n) is 23.2. The molecule has 4 heterocycles. The van der Waals surface area contributed by atoms with E-state index in [4.69, 9.17) is 23.8 Å². The number of hydrogen-bond acceptors (Lipinski definition) is 5. The Kier molecular flexibility index (Phi) is 8.79. The van der Waals surface area contributed by atoms with Gasteiger partial charge in [0.25, 0.3) is 0 Å². The molecule has 0 amide bonds. The van der Waals surface area contributed by atoms with Crippen molar-refractivity contribution in [2.75, 3.05) is 0 Å². The summed E-state index contributed by atoms with van der Waals surface area (Å²) in [6, 6.07) is 80.4. The van der Waals surface area contributed by atoms with Crippen molar-refractivity contribution in [3.05, 3.63) is 231 Å². The van der Waals surface area contributed by atoms with E-state index in [0.717, 1.165) is 99.5 Å². The van der Waals surface area contributed by atoms with Crippen LogP contribution in [0.4, 0.5) is 0 Å². The Labute approximate surface area is 396 Å². The molecule has 0 N–H and O–H groups in total. The zero-order valence-corrected chi connectivity index (χ0v) is 37.0. The van der Waals surface area contributed by atoms with Crippen LogP contribution in [0.3, 0.4) is 0 Å². The normalized spacial score (nSPS) is 11.8. The molecule has 69 heavy (non-hydrogen) atoms. The predicted octanol–water partition coefficient (Wildman–Crippen LogP) is 16.8. The minimum absolute atomic E-state index is 0.613. The van der Waals surface area contributed by atoms with E-state index in [1.165, 1.54) is 21.9 Å². The highest BCUT2D eigenvalue weighted by Crippen LogP contribution is 2.43. The van der Waals surface area contributed by atoms with Crippen LogP contribution in [0.5, 0.6) is 0 Å². The van der Waals surface area contributed by atoms with Gasteiger partial charge in [-0.2, -0.15) is 0 Å². The third-order valence-corrected chi connectivity index (χ3v) is 13.5. The lowest BCUT2D eigenvalue weighted by atomic mass is 9.96. The molecule has 0 saturated heterocycles. The number of para-hydroxylation sites is 1. The van der Waals surface area contributed by atoms with Crippen molar-refractivity contribution in [2.45, 2.75) is 0 Å². The fraction of sp³-hybridized carbons (Fsp3) is 0. The molecule has 4 aromatic heterocycles. The molecular weight excluding hydrogens is 845 g/mol. The molecule has 6 nitrogen and oxygen atoms in total. The second-order valence-corrected chi connectivity index (χ2v) is 17.5. The minimum Gasteiger partial charge on any atom is -0.456 e. The molecule has 0 spiro atoms. The molecule has 0 radical (unpaired) electrons.